The van der Waals surface area contributed by atoms with E-state index in [1.54, 1.807) is 28.6 Å². The Kier molecular flexibility index (Phi) is 12.5. The van der Waals surface area contributed by atoms with E-state index in [4.69, 9.17) is 15.6 Å². The maximum atomic E-state index is 13.1. The average molecular weight is 623 g/mol. The summed E-state index contributed by atoms with van der Waals surface area (Å²) in [5.74, 6) is -0.204. The molecular formula is C26H34F4N4O5S2. The van der Waals surface area contributed by atoms with E-state index < -0.39 is 28.4 Å². The molecule has 15 heteroatoms. The number of sulfonamides is 1. The van der Waals surface area contributed by atoms with Crippen molar-refractivity contribution in [3.63, 3.8) is 0 Å². The molecular weight excluding hydrogens is 588 g/mol. The number of H-pyrrole nitrogens is 1. The molecule has 4 rings (SSSR count). The number of likely N-dealkylation sites (N-methyl/N-ethyl adjacent to an activating group) is 1. The van der Waals surface area contributed by atoms with Gasteiger partial charge in [-0.15, -0.1) is 20.9 Å². The number of benzene rings is 1. The number of alkyl halides is 3. The number of nitrogens with two attached hydrogens (primary N) is 1. The van der Waals surface area contributed by atoms with Gasteiger partial charge >= 0.3 is 6.18 Å². The Morgan fingerprint density at radius 2 is 1.83 bits per heavy atom. The summed E-state index contributed by atoms with van der Waals surface area (Å²) < 4.78 is 70.3. The van der Waals surface area contributed by atoms with Crippen LogP contribution < -0.4 is 5.73 Å². The van der Waals surface area contributed by atoms with Crippen LogP contribution in [0.1, 0.15) is 46.5 Å². The number of hydrogen-bond donors (Lipinski definition) is 3. The lowest BCUT2D eigenvalue weighted by atomic mass is 9.88. The second-order valence-corrected chi connectivity index (χ2v) is 12.4. The van der Waals surface area contributed by atoms with Crippen LogP contribution in [0.4, 0.5) is 17.7 Å². The van der Waals surface area contributed by atoms with Crippen LogP contribution in [0, 0.1) is 0 Å². The summed E-state index contributed by atoms with van der Waals surface area (Å²) in [7, 11) is -0.786. The second-order valence-electron chi connectivity index (χ2n) is 9.17. The number of aldehydes is 1. The number of nitrogens with one attached hydrogen (secondary N) is 1. The molecule has 0 spiro atoms. The molecule has 1 amide bonds. The van der Waals surface area contributed by atoms with E-state index in [1.165, 1.54) is 7.05 Å². The summed E-state index contributed by atoms with van der Waals surface area (Å²) in [4.78, 5) is 25.2. The van der Waals surface area contributed by atoms with Gasteiger partial charge in [-0.1, -0.05) is 0 Å². The van der Waals surface area contributed by atoms with E-state index in [0.717, 1.165) is 46.9 Å². The van der Waals surface area contributed by atoms with Gasteiger partial charge in [0, 0.05) is 50.3 Å². The number of primary amides is 1. The molecule has 0 radical (unpaired) electrons. The number of fused-ring (bicyclic) bond motifs is 1. The van der Waals surface area contributed by atoms with Gasteiger partial charge in [0.1, 0.15) is 0 Å². The molecule has 1 aliphatic rings. The molecule has 3 heterocycles. The molecule has 4 N–H and O–H groups in total. The highest BCUT2D eigenvalue weighted by Crippen LogP contribution is 2.38. The summed E-state index contributed by atoms with van der Waals surface area (Å²) in [5, 5.41) is 10.6. The average Bonchev–Trinajstić information content (AvgIpc) is 3.60. The van der Waals surface area contributed by atoms with Gasteiger partial charge in [-0.3, -0.25) is 9.59 Å². The minimum atomic E-state index is -4.64. The molecule has 0 saturated carbocycles. The molecule has 228 valence electrons. The highest BCUT2D eigenvalue weighted by molar-refractivity contribution is 7.89. The van der Waals surface area contributed by atoms with Crippen molar-refractivity contribution in [1.82, 2.24) is 14.4 Å². The van der Waals surface area contributed by atoms with Crippen LogP contribution in [0.5, 0.6) is 0 Å². The number of nitrogens with zero attached hydrogens (tertiary/aromatic N) is 2. The molecule has 1 saturated heterocycles. The lowest BCUT2D eigenvalue weighted by Crippen LogP contribution is -2.38. The second kappa shape index (κ2) is 14.9. The lowest BCUT2D eigenvalue weighted by Gasteiger charge is -2.31. The molecule has 1 aliphatic heterocycles. The predicted octanol–water partition coefficient (Wildman–Crippen LogP) is 4.24. The van der Waals surface area contributed by atoms with E-state index in [2.05, 4.69) is 11.1 Å². The van der Waals surface area contributed by atoms with Crippen molar-refractivity contribution in [2.75, 3.05) is 39.5 Å². The highest BCUT2D eigenvalue weighted by Gasteiger charge is 2.29. The molecule has 1 aromatic carbocycles. The Morgan fingerprint density at radius 1 is 1.22 bits per heavy atom. The van der Waals surface area contributed by atoms with E-state index in [-0.39, 0.29) is 11.7 Å². The number of aromatic nitrogens is 1. The number of hydrogen-bond acceptors (Lipinski definition) is 7. The van der Waals surface area contributed by atoms with Gasteiger partial charge in [-0.2, -0.15) is 13.2 Å². The largest absolute Gasteiger partial charge is 0.446 e. The van der Waals surface area contributed by atoms with Gasteiger partial charge in [-0.05, 0) is 72.4 Å². The third-order valence-corrected chi connectivity index (χ3v) is 9.40. The summed E-state index contributed by atoms with van der Waals surface area (Å²) in [6, 6.07) is 5.89. The summed E-state index contributed by atoms with van der Waals surface area (Å²) in [6.45, 7) is 2.97. The van der Waals surface area contributed by atoms with Gasteiger partial charge in [0.15, 0.2) is 0 Å². The van der Waals surface area contributed by atoms with Crippen LogP contribution in [0.3, 0.4) is 0 Å². The van der Waals surface area contributed by atoms with Crippen LogP contribution in [0.2, 0.25) is 0 Å². The zero-order valence-corrected chi connectivity index (χ0v) is 24.5. The number of aliphatic hydroxyl groups is 1. The number of amides is 1. The van der Waals surface area contributed by atoms with Crippen molar-refractivity contribution in [1.29, 1.82) is 0 Å². The minimum Gasteiger partial charge on any atom is -0.400 e. The third kappa shape index (κ3) is 9.33. The van der Waals surface area contributed by atoms with Gasteiger partial charge in [0.05, 0.1) is 16.8 Å². The van der Waals surface area contributed by atoms with E-state index >= 15 is 0 Å². The first-order valence-electron chi connectivity index (χ1n) is 12.6. The SMILES string of the molecule is CCS(=O)(=O)N1CCC(c2c[nH]c3c(C(N)=O)cc(-c4csc(CCN(C)F)c4)cc23)CC1.CO.O=CC(F)(F)F. The van der Waals surface area contributed by atoms with Gasteiger partial charge in [0.25, 0.3) is 5.91 Å². The van der Waals surface area contributed by atoms with Crippen molar-refractivity contribution < 1.29 is 40.8 Å². The maximum Gasteiger partial charge on any atom is 0.446 e. The number of halogens is 4. The normalized spacial score (nSPS) is 14.8. The zero-order valence-electron chi connectivity index (χ0n) is 22.9. The monoisotopic (exact) mass is 622 g/mol. The molecule has 3 aromatic rings. The predicted molar refractivity (Wildman–Crippen MR) is 151 cm³/mol. The summed E-state index contributed by atoms with van der Waals surface area (Å²) in [6.07, 6.45) is -1.72. The van der Waals surface area contributed by atoms with Crippen molar-refractivity contribution in [3.05, 3.63) is 45.8 Å². The van der Waals surface area contributed by atoms with Crippen LogP contribution >= 0.6 is 11.3 Å². The fourth-order valence-corrected chi connectivity index (χ4v) is 6.53. The maximum absolute atomic E-state index is 13.1. The van der Waals surface area contributed by atoms with Crippen LogP contribution in [-0.4, -0.2) is 85.8 Å². The topological polar surface area (TPSA) is 137 Å². The Bertz CT molecular complexity index is 1410. The fraction of sp³-hybridized carbons (Fsp3) is 0.462. The number of carbonyl (C=O) groups excluding carboxylic acids is 2. The number of rotatable bonds is 8. The fourth-order valence-electron chi connectivity index (χ4n) is 4.51. The molecule has 1 fully saturated rings. The molecule has 0 atom stereocenters. The van der Waals surface area contributed by atoms with Gasteiger partial charge in [-0.25, -0.2) is 12.7 Å². The Labute approximate surface area is 239 Å². The molecule has 0 bridgehead atoms. The van der Waals surface area contributed by atoms with E-state index in [0.29, 0.717) is 42.3 Å². The highest BCUT2D eigenvalue weighted by atomic mass is 32.2. The Balaban J connectivity index is 0.000000654. The number of piperidine rings is 1. The first-order chi connectivity index (χ1) is 19.3. The minimum absolute atomic E-state index is 0.111. The van der Waals surface area contributed by atoms with Crippen LogP contribution in [0.25, 0.3) is 22.0 Å². The Hall–Kier alpha value is -2.85. The molecule has 0 unspecified atom stereocenters. The van der Waals surface area contributed by atoms with Crippen LogP contribution in [0.15, 0.2) is 29.8 Å². The number of aromatic amines is 1. The number of aliphatic hydroxyl groups excluding tert-OH is 1. The van der Waals surface area contributed by atoms with Gasteiger partial charge in [0.2, 0.25) is 16.3 Å². The quantitative estimate of drug-likeness (QED) is 0.195. The van der Waals surface area contributed by atoms with Crippen molar-refractivity contribution >= 4 is 44.5 Å². The smallest absolute Gasteiger partial charge is 0.400 e. The number of carbonyl (C=O) groups is 2. The standard InChI is InChI=1S/C23H29FN4O3S2.C2HF3O.CH4O/c1-3-33(30,31)28-8-4-15(5-9-28)21-13-26-22-19(21)11-16(12-20(22)23(25)29)17-10-18(32-14-17)6-7-27(2)24;3-2(4,5)1-6;1-2/h10-15,26H,3-9H2,1-2H3,(H2,25,29);1H;2H,1H3. The van der Waals surface area contributed by atoms with Crippen LogP contribution in [-0.2, 0) is 21.2 Å². The molecule has 41 heavy (non-hydrogen) atoms. The molecule has 9 nitrogen and oxygen atoms in total. The van der Waals surface area contributed by atoms with Crippen molar-refractivity contribution in [2.24, 2.45) is 5.73 Å². The van der Waals surface area contributed by atoms with Gasteiger partial charge < -0.3 is 15.8 Å². The Morgan fingerprint density at radius 3 is 2.34 bits per heavy atom. The van der Waals surface area contributed by atoms with Crippen molar-refractivity contribution in [3.8, 4) is 11.1 Å². The number of thiophene rings is 1. The summed E-state index contributed by atoms with van der Waals surface area (Å²) >= 11 is 1.57. The first-order valence-corrected chi connectivity index (χ1v) is 15.1. The lowest BCUT2D eigenvalue weighted by molar-refractivity contribution is -0.156. The van der Waals surface area contributed by atoms with E-state index in [1.807, 2.05) is 17.6 Å². The zero-order chi connectivity index (χ0) is 31.0. The van der Waals surface area contributed by atoms with E-state index in [9.17, 15) is 30.9 Å². The summed E-state index contributed by atoms with van der Waals surface area (Å²) in [5.41, 5.74) is 9.78. The van der Waals surface area contributed by atoms with Crippen molar-refractivity contribution in [2.45, 2.75) is 38.3 Å². The first kappa shape index (κ1) is 34.4. The third-order valence-electron chi connectivity index (χ3n) is 6.53. The molecule has 0 aliphatic carbocycles. The molecule has 2 aromatic heterocycles.